The number of aryl methyl sites for hydroxylation is 1. The number of fused-ring (bicyclic) bond motifs is 2. The van der Waals surface area contributed by atoms with E-state index in [1.807, 2.05) is 48.5 Å². The Bertz CT molecular complexity index is 995. The zero-order valence-corrected chi connectivity index (χ0v) is 13.2. The van der Waals surface area contributed by atoms with Gasteiger partial charge < -0.3 is 9.26 Å². The van der Waals surface area contributed by atoms with Gasteiger partial charge in [0.1, 0.15) is 18.1 Å². The molecule has 4 aromatic rings. The van der Waals surface area contributed by atoms with Gasteiger partial charge in [0.15, 0.2) is 0 Å². The van der Waals surface area contributed by atoms with Crippen LogP contribution in [0.4, 0.5) is 0 Å². The molecule has 0 saturated carbocycles. The molecule has 3 aromatic carbocycles. The van der Waals surface area contributed by atoms with Crippen LogP contribution in [0.15, 0.2) is 65.2 Å². The first-order chi connectivity index (χ1) is 11.7. The van der Waals surface area contributed by atoms with Gasteiger partial charge in [-0.2, -0.15) is 0 Å². The van der Waals surface area contributed by atoms with Crippen LogP contribution >= 0.6 is 0 Å². The SMILES string of the molecule is Cc1cc(COC(=O)c2c3ccccc3cc3ccccc23)no1. The number of carbonyl (C=O) groups excluding carboxylic acids is 1. The highest BCUT2D eigenvalue weighted by atomic mass is 16.5. The molecule has 4 heteroatoms. The Kier molecular flexibility index (Phi) is 3.50. The van der Waals surface area contributed by atoms with E-state index in [0.29, 0.717) is 17.0 Å². The molecule has 0 radical (unpaired) electrons. The third kappa shape index (κ3) is 2.52. The molecule has 0 N–H and O–H groups in total. The van der Waals surface area contributed by atoms with E-state index in [2.05, 4.69) is 11.2 Å². The summed E-state index contributed by atoms with van der Waals surface area (Å²) < 4.78 is 10.5. The van der Waals surface area contributed by atoms with Gasteiger partial charge in [-0.15, -0.1) is 0 Å². The van der Waals surface area contributed by atoms with Crippen LogP contribution in [0.5, 0.6) is 0 Å². The number of hydrogen-bond donors (Lipinski definition) is 0. The Morgan fingerprint density at radius 3 is 2.21 bits per heavy atom. The summed E-state index contributed by atoms with van der Waals surface area (Å²) in [6, 6.07) is 19.5. The van der Waals surface area contributed by atoms with E-state index >= 15 is 0 Å². The lowest BCUT2D eigenvalue weighted by Crippen LogP contribution is -2.07. The maximum atomic E-state index is 12.8. The molecule has 0 aliphatic carbocycles. The number of rotatable bonds is 3. The largest absolute Gasteiger partial charge is 0.455 e. The summed E-state index contributed by atoms with van der Waals surface area (Å²) in [5.74, 6) is 0.334. The third-order valence-electron chi connectivity index (χ3n) is 4.00. The van der Waals surface area contributed by atoms with Crippen molar-refractivity contribution in [3.05, 3.63) is 77.7 Å². The van der Waals surface area contributed by atoms with Gasteiger partial charge in [-0.1, -0.05) is 53.7 Å². The van der Waals surface area contributed by atoms with Gasteiger partial charge in [0.25, 0.3) is 0 Å². The number of nitrogens with zero attached hydrogens (tertiary/aromatic N) is 1. The number of esters is 1. The van der Waals surface area contributed by atoms with Crippen molar-refractivity contribution in [2.45, 2.75) is 13.5 Å². The van der Waals surface area contributed by atoms with Gasteiger partial charge in [0.2, 0.25) is 0 Å². The highest BCUT2D eigenvalue weighted by Crippen LogP contribution is 2.29. The van der Waals surface area contributed by atoms with Crippen LogP contribution in [-0.4, -0.2) is 11.1 Å². The zero-order chi connectivity index (χ0) is 16.5. The highest BCUT2D eigenvalue weighted by molar-refractivity contribution is 6.16. The fraction of sp³-hybridized carbons (Fsp3) is 0.100. The van der Waals surface area contributed by atoms with Crippen molar-refractivity contribution in [2.75, 3.05) is 0 Å². The molecular formula is C20H15NO3. The van der Waals surface area contributed by atoms with Crippen molar-refractivity contribution in [3.8, 4) is 0 Å². The van der Waals surface area contributed by atoms with Crippen molar-refractivity contribution in [1.82, 2.24) is 5.16 Å². The summed E-state index contributed by atoms with van der Waals surface area (Å²) >= 11 is 0. The molecule has 0 bridgehead atoms. The summed E-state index contributed by atoms with van der Waals surface area (Å²) in [5, 5.41) is 7.66. The fourth-order valence-corrected chi connectivity index (χ4v) is 2.93. The molecule has 4 nitrogen and oxygen atoms in total. The van der Waals surface area contributed by atoms with E-state index in [9.17, 15) is 4.79 Å². The van der Waals surface area contributed by atoms with Gasteiger partial charge in [-0.25, -0.2) is 4.79 Å². The lowest BCUT2D eigenvalue weighted by Gasteiger charge is -2.10. The number of ether oxygens (including phenoxy) is 1. The second-order valence-corrected chi connectivity index (χ2v) is 5.70. The van der Waals surface area contributed by atoms with Crippen LogP contribution < -0.4 is 0 Å². The van der Waals surface area contributed by atoms with Gasteiger partial charge >= 0.3 is 5.97 Å². The molecule has 0 spiro atoms. The first kappa shape index (κ1) is 14.5. The summed E-state index contributed by atoms with van der Waals surface area (Å²) in [7, 11) is 0. The fourth-order valence-electron chi connectivity index (χ4n) is 2.93. The quantitative estimate of drug-likeness (QED) is 0.408. The predicted molar refractivity (Wildman–Crippen MR) is 91.8 cm³/mol. The van der Waals surface area contributed by atoms with Crippen molar-refractivity contribution in [3.63, 3.8) is 0 Å². The zero-order valence-electron chi connectivity index (χ0n) is 13.2. The molecule has 0 aliphatic rings. The minimum atomic E-state index is -0.358. The summed E-state index contributed by atoms with van der Waals surface area (Å²) in [5.41, 5.74) is 1.19. The number of benzene rings is 3. The average Bonchev–Trinajstić information content (AvgIpc) is 3.03. The smallest absolute Gasteiger partial charge is 0.339 e. The molecule has 0 fully saturated rings. The Balaban J connectivity index is 1.79. The maximum Gasteiger partial charge on any atom is 0.339 e. The molecule has 24 heavy (non-hydrogen) atoms. The summed E-state index contributed by atoms with van der Waals surface area (Å²) in [6.07, 6.45) is 0. The molecule has 1 heterocycles. The first-order valence-corrected chi connectivity index (χ1v) is 7.72. The van der Waals surface area contributed by atoms with Crippen molar-refractivity contribution in [1.29, 1.82) is 0 Å². The van der Waals surface area contributed by atoms with Gasteiger partial charge in [0.05, 0.1) is 5.56 Å². The highest BCUT2D eigenvalue weighted by Gasteiger charge is 2.16. The van der Waals surface area contributed by atoms with Crippen LogP contribution in [0.1, 0.15) is 21.8 Å². The van der Waals surface area contributed by atoms with Gasteiger partial charge in [-0.05, 0) is 34.5 Å². The van der Waals surface area contributed by atoms with Gasteiger partial charge in [0, 0.05) is 6.07 Å². The molecule has 0 unspecified atom stereocenters. The van der Waals surface area contributed by atoms with Crippen molar-refractivity contribution in [2.24, 2.45) is 0 Å². The Morgan fingerprint density at radius 2 is 1.62 bits per heavy atom. The molecule has 4 rings (SSSR count). The first-order valence-electron chi connectivity index (χ1n) is 7.72. The molecule has 0 atom stereocenters. The van der Waals surface area contributed by atoms with E-state index in [1.54, 1.807) is 13.0 Å². The Labute approximate surface area is 138 Å². The predicted octanol–water partition coefficient (Wildman–Crippen LogP) is 4.65. The summed E-state index contributed by atoms with van der Waals surface area (Å²) in [6.45, 7) is 1.89. The minimum absolute atomic E-state index is 0.0910. The van der Waals surface area contributed by atoms with Crippen LogP contribution in [0.3, 0.4) is 0 Å². The monoisotopic (exact) mass is 317 g/mol. The maximum absolute atomic E-state index is 12.8. The summed E-state index contributed by atoms with van der Waals surface area (Å²) in [4.78, 5) is 12.8. The van der Waals surface area contributed by atoms with E-state index in [0.717, 1.165) is 21.5 Å². The van der Waals surface area contributed by atoms with Crippen LogP contribution in [0.2, 0.25) is 0 Å². The number of aromatic nitrogens is 1. The lowest BCUT2D eigenvalue weighted by molar-refractivity contribution is 0.0469. The Morgan fingerprint density at radius 1 is 1.00 bits per heavy atom. The number of hydrogen-bond acceptors (Lipinski definition) is 4. The van der Waals surface area contributed by atoms with Crippen LogP contribution in [-0.2, 0) is 11.3 Å². The van der Waals surface area contributed by atoms with E-state index in [1.165, 1.54) is 0 Å². The Hall–Kier alpha value is -3.14. The lowest BCUT2D eigenvalue weighted by atomic mass is 9.97. The minimum Gasteiger partial charge on any atom is -0.455 e. The average molecular weight is 317 g/mol. The topological polar surface area (TPSA) is 52.3 Å². The molecule has 1 aromatic heterocycles. The number of carbonyl (C=O) groups is 1. The molecule has 0 saturated heterocycles. The second kappa shape index (κ2) is 5.81. The van der Waals surface area contributed by atoms with E-state index < -0.39 is 0 Å². The van der Waals surface area contributed by atoms with Gasteiger partial charge in [-0.3, -0.25) is 0 Å². The molecule has 0 aliphatic heterocycles. The van der Waals surface area contributed by atoms with E-state index in [-0.39, 0.29) is 12.6 Å². The molecular weight excluding hydrogens is 302 g/mol. The van der Waals surface area contributed by atoms with E-state index in [4.69, 9.17) is 9.26 Å². The molecule has 0 amide bonds. The van der Waals surface area contributed by atoms with Crippen LogP contribution in [0, 0.1) is 6.92 Å². The second-order valence-electron chi connectivity index (χ2n) is 5.70. The van der Waals surface area contributed by atoms with Crippen molar-refractivity contribution < 1.29 is 14.1 Å². The van der Waals surface area contributed by atoms with Crippen LogP contribution in [0.25, 0.3) is 21.5 Å². The molecule has 118 valence electrons. The standard InChI is InChI=1S/C20H15NO3/c1-13-10-16(21-24-13)12-23-20(22)19-17-8-4-2-6-14(17)11-15-7-3-5-9-18(15)19/h2-11H,12H2,1H3. The normalized spacial score (nSPS) is 11.0. The van der Waals surface area contributed by atoms with Crippen molar-refractivity contribution >= 4 is 27.5 Å². The third-order valence-corrected chi connectivity index (χ3v) is 4.00.